The number of hydrogen-bond donors (Lipinski definition) is 3. The van der Waals surface area contributed by atoms with Crippen molar-refractivity contribution in [2.24, 2.45) is 0 Å². The van der Waals surface area contributed by atoms with Crippen LogP contribution in [-0.4, -0.2) is 39.2 Å². The number of aromatic nitrogens is 4. The van der Waals surface area contributed by atoms with Crippen LogP contribution in [-0.2, 0) is 0 Å². The van der Waals surface area contributed by atoms with Crippen molar-refractivity contribution in [1.82, 2.24) is 15.1 Å². The summed E-state index contributed by atoms with van der Waals surface area (Å²) in [5.74, 6) is -0.806. The minimum Gasteiger partial charge on any atom is -0.478 e. The molecule has 4 rings (SSSR count). The van der Waals surface area contributed by atoms with Crippen LogP contribution in [0.1, 0.15) is 29.6 Å². The molecule has 0 unspecified atom stereocenters. The van der Waals surface area contributed by atoms with Crippen LogP contribution in [0, 0.1) is 0 Å². The van der Waals surface area contributed by atoms with Crippen LogP contribution in [0.25, 0.3) is 16.9 Å². The van der Waals surface area contributed by atoms with Crippen LogP contribution in [0.3, 0.4) is 0 Å². The zero-order valence-corrected chi connectivity index (χ0v) is 13.5. The van der Waals surface area contributed by atoms with E-state index in [1.165, 1.54) is 36.3 Å². The van der Waals surface area contributed by atoms with E-state index in [0.717, 1.165) is 18.8 Å². The molecule has 0 spiro atoms. The zero-order chi connectivity index (χ0) is 17.4. The predicted octanol–water partition coefficient (Wildman–Crippen LogP) is 1.22. The van der Waals surface area contributed by atoms with Gasteiger partial charge in [0.15, 0.2) is 5.52 Å². The van der Waals surface area contributed by atoms with E-state index in [-0.39, 0.29) is 17.1 Å². The number of rotatable bonds is 3. The van der Waals surface area contributed by atoms with Gasteiger partial charge in [-0.2, -0.15) is 0 Å². The highest BCUT2D eigenvalue weighted by molar-refractivity contribution is 5.86. The molecule has 25 heavy (non-hydrogen) atoms. The molecule has 1 aliphatic heterocycles. The Morgan fingerprint density at radius 2 is 2.04 bits per heavy atom. The highest BCUT2D eigenvalue weighted by Crippen LogP contribution is 2.22. The average molecular weight is 340 g/mol. The first kappa shape index (κ1) is 15.4. The summed E-state index contributed by atoms with van der Waals surface area (Å²) in [7, 11) is 0. The SMILES string of the molecule is O=C(O)c1c[nH][n+](-c2nc3ccc(N4CCCCC4)cc3c(=O)[nH]2)c1. The average Bonchev–Trinajstić information content (AvgIpc) is 3.13. The summed E-state index contributed by atoms with van der Waals surface area (Å²) in [4.78, 5) is 32.9. The van der Waals surface area contributed by atoms with Crippen molar-refractivity contribution in [1.29, 1.82) is 0 Å². The van der Waals surface area contributed by atoms with Gasteiger partial charge in [0.1, 0.15) is 17.1 Å². The van der Waals surface area contributed by atoms with E-state index in [4.69, 9.17) is 5.11 Å². The van der Waals surface area contributed by atoms with Gasteiger partial charge in [-0.05, 0) is 37.5 Å². The fourth-order valence-electron chi connectivity index (χ4n) is 3.17. The first-order chi connectivity index (χ1) is 12.1. The molecule has 1 aromatic carbocycles. The summed E-state index contributed by atoms with van der Waals surface area (Å²) in [6.45, 7) is 2.01. The van der Waals surface area contributed by atoms with Crippen molar-refractivity contribution in [3.05, 3.63) is 46.5 Å². The Morgan fingerprint density at radius 1 is 1.24 bits per heavy atom. The third-order valence-electron chi connectivity index (χ3n) is 4.50. The van der Waals surface area contributed by atoms with Crippen LogP contribution >= 0.6 is 0 Å². The van der Waals surface area contributed by atoms with Crippen molar-refractivity contribution in [3.63, 3.8) is 0 Å². The first-order valence-electron chi connectivity index (χ1n) is 8.24. The van der Waals surface area contributed by atoms with E-state index < -0.39 is 5.97 Å². The van der Waals surface area contributed by atoms with Gasteiger partial charge in [-0.25, -0.2) is 9.78 Å². The Bertz CT molecular complexity index is 1000. The summed E-state index contributed by atoms with van der Waals surface area (Å²) in [5, 5.41) is 12.3. The second kappa shape index (κ2) is 6.04. The van der Waals surface area contributed by atoms with Crippen molar-refractivity contribution in [2.45, 2.75) is 19.3 Å². The number of aromatic carboxylic acids is 1. The summed E-state index contributed by atoms with van der Waals surface area (Å²) < 4.78 is 1.38. The fourth-order valence-corrected chi connectivity index (χ4v) is 3.17. The Kier molecular flexibility index (Phi) is 3.72. The van der Waals surface area contributed by atoms with Crippen molar-refractivity contribution >= 4 is 22.6 Å². The van der Waals surface area contributed by atoms with Gasteiger partial charge >= 0.3 is 17.5 Å². The van der Waals surface area contributed by atoms with Crippen LogP contribution in [0.2, 0.25) is 0 Å². The van der Waals surface area contributed by atoms with Gasteiger partial charge < -0.3 is 10.0 Å². The van der Waals surface area contributed by atoms with Crippen molar-refractivity contribution in [3.8, 4) is 5.95 Å². The van der Waals surface area contributed by atoms with E-state index in [1.807, 2.05) is 18.2 Å². The van der Waals surface area contributed by atoms with Gasteiger partial charge in [-0.1, -0.05) is 4.98 Å². The number of nitrogens with one attached hydrogen (secondary N) is 2. The lowest BCUT2D eigenvalue weighted by Gasteiger charge is -2.28. The van der Waals surface area contributed by atoms with E-state index >= 15 is 0 Å². The van der Waals surface area contributed by atoms with Gasteiger partial charge in [-0.15, -0.1) is 4.68 Å². The van der Waals surface area contributed by atoms with Crippen LogP contribution in [0.4, 0.5) is 5.69 Å². The van der Waals surface area contributed by atoms with Gasteiger partial charge in [0.05, 0.1) is 0 Å². The molecular weight excluding hydrogens is 322 g/mol. The van der Waals surface area contributed by atoms with E-state index in [1.54, 1.807) is 0 Å². The zero-order valence-electron chi connectivity index (χ0n) is 13.5. The van der Waals surface area contributed by atoms with Gasteiger partial charge in [0.25, 0.3) is 0 Å². The molecule has 0 atom stereocenters. The van der Waals surface area contributed by atoms with Crippen LogP contribution in [0.5, 0.6) is 0 Å². The molecule has 1 saturated heterocycles. The number of benzene rings is 1. The predicted molar refractivity (Wildman–Crippen MR) is 91.3 cm³/mol. The maximum Gasteiger partial charge on any atom is 0.421 e. The molecule has 3 heterocycles. The van der Waals surface area contributed by atoms with Crippen LogP contribution in [0.15, 0.2) is 35.4 Å². The molecule has 1 fully saturated rings. The fraction of sp³-hybridized carbons (Fsp3) is 0.294. The highest BCUT2D eigenvalue weighted by atomic mass is 16.4. The largest absolute Gasteiger partial charge is 0.478 e. The molecule has 0 saturated carbocycles. The van der Waals surface area contributed by atoms with E-state index in [2.05, 4.69) is 20.0 Å². The molecule has 8 heteroatoms. The number of carboxylic acid groups (broad SMARTS) is 1. The Morgan fingerprint density at radius 3 is 2.76 bits per heavy atom. The quantitative estimate of drug-likeness (QED) is 0.622. The molecule has 1 aliphatic rings. The molecule has 0 amide bonds. The summed E-state index contributed by atoms with van der Waals surface area (Å²) >= 11 is 0. The number of carboxylic acids is 1. The van der Waals surface area contributed by atoms with E-state index in [9.17, 15) is 9.59 Å². The number of aromatic amines is 2. The molecule has 0 radical (unpaired) electrons. The Hall–Kier alpha value is -3.16. The number of nitrogens with zero attached hydrogens (tertiary/aromatic N) is 3. The number of H-pyrrole nitrogens is 2. The smallest absolute Gasteiger partial charge is 0.421 e. The first-order valence-corrected chi connectivity index (χ1v) is 8.24. The monoisotopic (exact) mass is 340 g/mol. The lowest BCUT2D eigenvalue weighted by Crippen LogP contribution is -2.36. The number of fused-ring (bicyclic) bond motifs is 1. The number of piperidine rings is 1. The standard InChI is InChI=1S/C17H17N5O3/c23-15-13-8-12(21-6-2-1-3-7-21)4-5-14(13)19-17(20-15)22-10-11(9-18-22)16(24)25/h4-5,8-10H,1-3,6-7H2,(H2,19,20,23,24,25)/p+1. The summed E-state index contributed by atoms with van der Waals surface area (Å²) in [6.07, 6.45) is 6.30. The molecule has 2 aromatic heterocycles. The number of anilines is 1. The minimum atomic E-state index is -1.05. The molecule has 0 aliphatic carbocycles. The third-order valence-corrected chi connectivity index (χ3v) is 4.50. The number of carbonyl (C=O) groups is 1. The van der Waals surface area contributed by atoms with Crippen LogP contribution < -0.4 is 15.1 Å². The van der Waals surface area contributed by atoms with Gasteiger partial charge in [-0.3, -0.25) is 9.89 Å². The summed E-state index contributed by atoms with van der Waals surface area (Å²) in [6, 6.07) is 5.68. The Balaban J connectivity index is 1.74. The van der Waals surface area contributed by atoms with E-state index in [0.29, 0.717) is 10.9 Å². The maximum atomic E-state index is 12.5. The lowest BCUT2D eigenvalue weighted by atomic mass is 10.1. The topological polar surface area (TPSA) is 106 Å². The lowest BCUT2D eigenvalue weighted by molar-refractivity contribution is -0.662. The third kappa shape index (κ3) is 2.86. The minimum absolute atomic E-state index is 0.0863. The molecule has 8 nitrogen and oxygen atoms in total. The molecule has 128 valence electrons. The summed E-state index contributed by atoms with van der Waals surface area (Å²) in [5.41, 5.74) is 1.44. The molecule has 3 aromatic rings. The maximum absolute atomic E-state index is 12.5. The van der Waals surface area contributed by atoms with Crippen molar-refractivity contribution in [2.75, 3.05) is 18.0 Å². The molecular formula is C17H18N5O3+. The number of hydrogen-bond acceptors (Lipinski definition) is 4. The van der Waals surface area contributed by atoms with Crippen molar-refractivity contribution < 1.29 is 14.6 Å². The van der Waals surface area contributed by atoms with Gasteiger partial charge in [0, 0.05) is 25.0 Å². The van der Waals surface area contributed by atoms with Gasteiger partial charge in [0.2, 0.25) is 0 Å². The highest BCUT2D eigenvalue weighted by Gasteiger charge is 2.18. The Labute approximate surface area is 142 Å². The molecule has 3 N–H and O–H groups in total. The normalized spacial score (nSPS) is 14.8. The second-order valence-corrected chi connectivity index (χ2v) is 6.17. The second-order valence-electron chi connectivity index (χ2n) is 6.17. The molecule has 0 bridgehead atoms.